The summed E-state index contributed by atoms with van der Waals surface area (Å²) in [5.41, 5.74) is 3.84. The van der Waals surface area contributed by atoms with Gasteiger partial charge < -0.3 is 14.7 Å². The fourth-order valence-corrected chi connectivity index (χ4v) is 4.50. The number of aromatic amines is 1. The first-order valence-electron chi connectivity index (χ1n) is 10.5. The number of aromatic nitrogens is 3. The quantitative estimate of drug-likeness (QED) is 0.385. The molecule has 1 aromatic carbocycles. The van der Waals surface area contributed by atoms with Gasteiger partial charge in [0.2, 0.25) is 0 Å². The Morgan fingerprint density at radius 3 is 2.84 bits per heavy atom. The van der Waals surface area contributed by atoms with Crippen LogP contribution >= 0.6 is 15.9 Å². The Bertz CT molecular complexity index is 1290. The van der Waals surface area contributed by atoms with E-state index in [-0.39, 0.29) is 5.56 Å². The molecule has 32 heavy (non-hydrogen) atoms. The molecule has 0 saturated carbocycles. The number of anilines is 2. The molecule has 1 fully saturated rings. The smallest absolute Gasteiger partial charge is 0.299 e. The van der Waals surface area contributed by atoms with Crippen LogP contribution in [0.3, 0.4) is 0 Å². The van der Waals surface area contributed by atoms with Crippen molar-refractivity contribution in [1.29, 1.82) is 0 Å². The van der Waals surface area contributed by atoms with E-state index in [4.69, 9.17) is 4.42 Å². The van der Waals surface area contributed by atoms with Crippen molar-refractivity contribution in [3.63, 3.8) is 0 Å². The summed E-state index contributed by atoms with van der Waals surface area (Å²) in [5, 5.41) is 3.26. The van der Waals surface area contributed by atoms with Gasteiger partial charge in [-0.3, -0.25) is 14.7 Å². The average Bonchev–Trinajstić information content (AvgIpc) is 3.46. The lowest BCUT2D eigenvalue weighted by atomic mass is 10.1. The molecule has 0 unspecified atom stereocenters. The zero-order valence-corrected chi connectivity index (χ0v) is 18.9. The summed E-state index contributed by atoms with van der Waals surface area (Å²) in [6.45, 7) is 3.24. The molecule has 3 aromatic heterocycles. The minimum absolute atomic E-state index is 0.184. The van der Waals surface area contributed by atoms with Crippen molar-refractivity contribution in [3.05, 3.63) is 81.4 Å². The highest BCUT2D eigenvalue weighted by Gasteiger charge is 2.14. The molecule has 1 saturated heterocycles. The average molecular weight is 492 g/mol. The second-order valence-electron chi connectivity index (χ2n) is 7.83. The Hall–Kier alpha value is -3.23. The molecule has 0 atom stereocenters. The van der Waals surface area contributed by atoms with E-state index in [1.165, 1.54) is 18.4 Å². The lowest BCUT2D eigenvalue weighted by Gasteiger charge is -2.15. The number of hydrogen-bond donors (Lipinski definition) is 2. The monoisotopic (exact) mass is 491 g/mol. The van der Waals surface area contributed by atoms with Crippen LogP contribution in [0, 0.1) is 0 Å². The molecular weight excluding hydrogens is 470 g/mol. The van der Waals surface area contributed by atoms with Crippen LogP contribution < -0.4 is 10.9 Å². The van der Waals surface area contributed by atoms with E-state index in [1.807, 2.05) is 18.2 Å². The van der Waals surface area contributed by atoms with Crippen LogP contribution in [0.15, 0.2) is 74.7 Å². The van der Waals surface area contributed by atoms with E-state index in [0.29, 0.717) is 23.0 Å². The van der Waals surface area contributed by atoms with Crippen molar-refractivity contribution < 1.29 is 4.42 Å². The molecule has 4 heterocycles. The lowest BCUT2D eigenvalue weighted by molar-refractivity contribution is 0.331. The number of rotatable bonds is 6. The molecule has 0 amide bonds. The number of benzene rings is 1. The van der Waals surface area contributed by atoms with Crippen molar-refractivity contribution in [1.82, 2.24) is 19.9 Å². The number of hydrogen-bond acceptors (Lipinski definition) is 6. The number of H-pyrrole nitrogens is 1. The summed E-state index contributed by atoms with van der Waals surface area (Å²) in [4.78, 5) is 25.9. The molecule has 7 nitrogen and oxygen atoms in total. The van der Waals surface area contributed by atoms with Gasteiger partial charge in [-0.25, -0.2) is 4.98 Å². The van der Waals surface area contributed by atoms with Gasteiger partial charge in [0.15, 0.2) is 5.76 Å². The number of nitrogens with zero attached hydrogens (tertiary/aromatic N) is 3. The van der Waals surface area contributed by atoms with Gasteiger partial charge in [0.05, 0.1) is 17.5 Å². The van der Waals surface area contributed by atoms with Crippen molar-refractivity contribution >= 4 is 27.6 Å². The van der Waals surface area contributed by atoms with Gasteiger partial charge in [0.1, 0.15) is 0 Å². The highest BCUT2D eigenvalue weighted by atomic mass is 79.9. The van der Waals surface area contributed by atoms with Crippen molar-refractivity contribution in [2.24, 2.45) is 0 Å². The molecule has 0 radical (unpaired) electrons. The van der Waals surface area contributed by atoms with Gasteiger partial charge in [-0.15, -0.1) is 0 Å². The fraction of sp³-hybridized carbons (Fsp3) is 0.208. The van der Waals surface area contributed by atoms with Crippen molar-refractivity contribution in [2.75, 3.05) is 18.4 Å². The Kier molecular flexibility index (Phi) is 5.87. The van der Waals surface area contributed by atoms with E-state index >= 15 is 0 Å². The van der Waals surface area contributed by atoms with Gasteiger partial charge in [-0.1, -0.05) is 15.9 Å². The lowest BCUT2D eigenvalue weighted by Crippen LogP contribution is -2.18. The first kappa shape index (κ1) is 20.7. The number of nitrogens with one attached hydrogen (secondary N) is 2. The third-order valence-electron chi connectivity index (χ3n) is 5.46. The molecule has 0 spiro atoms. The van der Waals surface area contributed by atoms with Gasteiger partial charge in [-0.2, -0.15) is 0 Å². The van der Waals surface area contributed by atoms with Gasteiger partial charge >= 0.3 is 0 Å². The minimum atomic E-state index is -0.184. The zero-order valence-electron chi connectivity index (χ0n) is 17.3. The van der Waals surface area contributed by atoms with Crippen LogP contribution in [0.4, 0.5) is 11.7 Å². The summed E-state index contributed by atoms with van der Waals surface area (Å²) in [7, 11) is 0. The Morgan fingerprint density at radius 1 is 1.12 bits per heavy atom. The molecule has 5 rings (SSSR count). The molecule has 0 aliphatic carbocycles. The molecule has 4 aromatic rings. The van der Waals surface area contributed by atoms with Gasteiger partial charge in [-0.05, 0) is 74.0 Å². The zero-order chi connectivity index (χ0) is 21.9. The number of likely N-dealkylation sites (tertiary alicyclic amines) is 1. The number of pyridine rings is 2. The number of halogens is 1. The topological polar surface area (TPSA) is 87.0 Å². The number of oxazole rings is 1. The Morgan fingerprint density at radius 2 is 2.00 bits per heavy atom. The van der Waals surface area contributed by atoms with E-state index in [1.54, 1.807) is 30.7 Å². The summed E-state index contributed by atoms with van der Waals surface area (Å²) >= 11 is 3.61. The van der Waals surface area contributed by atoms with Crippen LogP contribution in [0.5, 0.6) is 0 Å². The summed E-state index contributed by atoms with van der Waals surface area (Å²) in [6.07, 6.45) is 7.47. The van der Waals surface area contributed by atoms with Crippen LogP contribution in [-0.2, 0) is 6.54 Å². The van der Waals surface area contributed by atoms with Crippen molar-refractivity contribution in [3.8, 4) is 22.6 Å². The van der Waals surface area contributed by atoms with E-state index in [2.05, 4.69) is 53.2 Å². The molecule has 2 N–H and O–H groups in total. The third-order valence-corrected chi connectivity index (χ3v) is 5.92. The molecule has 1 aliphatic heterocycles. The van der Waals surface area contributed by atoms with Gasteiger partial charge in [0.25, 0.3) is 11.6 Å². The molecule has 162 valence electrons. The fourth-order valence-electron chi connectivity index (χ4n) is 3.96. The first-order chi connectivity index (χ1) is 15.6. The normalized spacial score (nSPS) is 14.0. The van der Waals surface area contributed by atoms with Crippen LogP contribution in [0.2, 0.25) is 0 Å². The van der Waals surface area contributed by atoms with Crippen LogP contribution in [-0.4, -0.2) is 32.9 Å². The maximum Gasteiger partial charge on any atom is 0.299 e. The molecule has 0 bridgehead atoms. The van der Waals surface area contributed by atoms with E-state index in [0.717, 1.165) is 35.4 Å². The minimum Gasteiger partial charge on any atom is -0.423 e. The highest BCUT2D eigenvalue weighted by molar-refractivity contribution is 9.10. The summed E-state index contributed by atoms with van der Waals surface area (Å²) in [6, 6.07) is 13.8. The summed E-state index contributed by atoms with van der Waals surface area (Å²) in [5.74, 6) is 0.593. The second-order valence-corrected chi connectivity index (χ2v) is 8.74. The van der Waals surface area contributed by atoms with E-state index in [9.17, 15) is 4.79 Å². The molecule has 1 aliphatic rings. The van der Waals surface area contributed by atoms with Gasteiger partial charge in [0, 0.05) is 34.7 Å². The predicted molar refractivity (Wildman–Crippen MR) is 128 cm³/mol. The maximum atomic E-state index is 12.1. The maximum absolute atomic E-state index is 12.1. The largest absolute Gasteiger partial charge is 0.423 e. The molecule has 8 heteroatoms. The SMILES string of the molecule is O=c1[nH]cccc1-c1cc(-c2cnc(Nc3cc(Br)cc(CN4CCCC4)c3)o2)ccn1. The van der Waals surface area contributed by atoms with Crippen LogP contribution in [0.25, 0.3) is 22.6 Å². The summed E-state index contributed by atoms with van der Waals surface area (Å²) < 4.78 is 6.96. The Balaban J connectivity index is 1.36. The first-order valence-corrected chi connectivity index (χ1v) is 11.3. The van der Waals surface area contributed by atoms with E-state index < -0.39 is 0 Å². The predicted octanol–water partition coefficient (Wildman–Crippen LogP) is 5.19. The third kappa shape index (κ3) is 4.66. The Labute approximate surface area is 193 Å². The van der Waals surface area contributed by atoms with Crippen molar-refractivity contribution in [2.45, 2.75) is 19.4 Å². The highest BCUT2D eigenvalue weighted by Crippen LogP contribution is 2.28. The molecular formula is C24H22BrN5O2. The second kappa shape index (κ2) is 9.10. The van der Waals surface area contributed by atoms with Crippen LogP contribution in [0.1, 0.15) is 18.4 Å². The standard InChI is InChI=1S/C24H22BrN5O2/c25-18-10-16(15-30-8-1-2-9-30)11-19(13-18)29-24-28-14-22(32-24)17-5-7-26-21(12-17)20-4-3-6-27-23(20)31/h3-7,10-14H,1-2,8-9,15H2,(H,27,31)(H,28,29).